The quantitative estimate of drug-likeness (QED) is 0.406. The van der Waals surface area contributed by atoms with Crippen molar-refractivity contribution >= 4 is 19.8 Å². The number of carbonyl (C=O) groups excluding carboxylic acids is 2. The van der Waals surface area contributed by atoms with Crippen molar-refractivity contribution in [2.75, 3.05) is 25.9 Å². The van der Waals surface area contributed by atoms with Crippen molar-refractivity contribution in [2.45, 2.75) is 20.3 Å². The molecule has 6 nitrogen and oxygen atoms in total. The number of aldehydes is 1. The average Bonchev–Trinajstić information content (AvgIpc) is 2.52. The van der Waals surface area contributed by atoms with Crippen LogP contribution in [0.3, 0.4) is 0 Å². The molecule has 0 fully saturated rings. The molecule has 0 saturated carbocycles. The minimum atomic E-state index is -3.07. The van der Waals surface area contributed by atoms with Crippen LogP contribution in [0.2, 0.25) is 0 Å². The summed E-state index contributed by atoms with van der Waals surface area (Å²) in [5.41, 5.74) is 0.671. The first-order valence-electron chi connectivity index (χ1n) is 7.26. The lowest BCUT2D eigenvalue weighted by Gasteiger charge is -2.16. The van der Waals surface area contributed by atoms with Crippen molar-refractivity contribution in [3.8, 4) is 0 Å². The first kappa shape index (κ1) is 18.6. The number of hydrogen-bond donors (Lipinski definition) is 1. The summed E-state index contributed by atoms with van der Waals surface area (Å²) in [6.07, 6.45) is 1.35. The summed E-state index contributed by atoms with van der Waals surface area (Å²) in [7, 11) is -3.07. The van der Waals surface area contributed by atoms with Crippen LogP contribution in [0.5, 0.6) is 0 Å². The zero-order valence-corrected chi connectivity index (χ0v) is 13.8. The molecule has 0 aliphatic heterocycles. The van der Waals surface area contributed by atoms with Crippen LogP contribution in [-0.2, 0) is 13.6 Å². The van der Waals surface area contributed by atoms with Crippen LogP contribution in [0.25, 0.3) is 0 Å². The minimum Gasteiger partial charge on any atom is -0.352 e. The SMILES string of the molecule is CCOP(=O)(CCCNC(=O)c1ccccc1C=O)OCC. The van der Waals surface area contributed by atoms with Crippen molar-refractivity contribution in [3.63, 3.8) is 0 Å². The molecule has 0 atom stereocenters. The molecule has 1 aromatic carbocycles. The largest absolute Gasteiger partial charge is 0.352 e. The lowest BCUT2D eigenvalue weighted by atomic mass is 10.1. The Morgan fingerprint density at radius 2 is 1.86 bits per heavy atom. The normalized spacial score (nSPS) is 11.2. The van der Waals surface area contributed by atoms with Gasteiger partial charge in [0.2, 0.25) is 0 Å². The van der Waals surface area contributed by atoms with Gasteiger partial charge in [-0.05, 0) is 26.3 Å². The van der Waals surface area contributed by atoms with Gasteiger partial charge in [-0.15, -0.1) is 0 Å². The molecule has 0 aliphatic rings. The van der Waals surface area contributed by atoms with E-state index in [4.69, 9.17) is 9.05 Å². The molecule has 122 valence electrons. The third-order valence-corrected chi connectivity index (χ3v) is 5.05. The zero-order valence-electron chi connectivity index (χ0n) is 12.9. The molecule has 0 heterocycles. The second kappa shape index (κ2) is 9.51. The number of nitrogens with one attached hydrogen (secondary N) is 1. The van der Waals surface area contributed by atoms with Crippen LogP contribution in [0.4, 0.5) is 0 Å². The van der Waals surface area contributed by atoms with Crippen LogP contribution in [-0.4, -0.2) is 38.1 Å². The second-order valence-corrected chi connectivity index (χ2v) is 6.67. The molecule has 0 unspecified atom stereocenters. The van der Waals surface area contributed by atoms with E-state index in [2.05, 4.69) is 5.32 Å². The molecular weight excluding hydrogens is 305 g/mol. The fourth-order valence-corrected chi connectivity index (χ4v) is 3.60. The van der Waals surface area contributed by atoms with Crippen LogP contribution < -0.4 is 5.32 Å². The molecule has 0 spiro atoms. The first-order valence-corrected chi connectivity index (χ1v) is 8.99. The minimum absolute atomic E-state index is 0.240. The van der Waals surface area contributed by atoms with E-state index in [1.807, 2.05) is 0 Å². The summed E-state index contributed by atoms with van der Waals surface area (Å²) >= 11 is 0. The van der Waals surface area contributed by atoms with Gasteiger partial charge in [-0.2, -0.15) is 0 Å². The van der Waals surface area contributed by atoms with Gasteiger partial charge in [0.25, 0.3) is 5.91 Å². The van der Waals surface area contributed by atoms with E-state index in [1.54, 1.807) is 38.1 Å². The zero-order chi connectivity index (χ0) is 16.4. The molecule has 0 aliphatic carbocycles. The Morgan fingerprint density at radius 1 is 1.23 bits per heavy atom. The molecule has 7 heteroatoms. The molecule has 1 N–H and O–H groups in total. The highest BCUT2D eigenvalue weighted by molar-refractivity contribution is 7.53. The topological polar surface area (TPSA) is 81.7 Å². The Morgan fingerprint density at radius 3 is 2.45 bits per heavy atom. The van der Waals surface area contributed by atoms with Crippen LogP contribution in [0.15, 0.2) is 24.3 Å². The predicted octanol–water partition coefficient (Wildman–Crippen LogP) is 2.89. The Balaban J connectivity index is 2.48. The monoisotopic (exact) mass is 327 g/mol. The molecule has 0 radical (unpaired) electrons. The van der Waals surface area contributed by atoms with Crippen LogP contribution in [0, 0.1) is 0 Å². The summed E-state index contributed by atoms with van der Waals surface area (Å²) in [5, 5.41) is 2.70. The van der Waals surface area contributed by atoms with E-state index in [-0.39, 0.29) is 12.1 Å². The smallest absolute Gasteiger partial charge is 0.330 e. The lowest BCUT2D eigenvalue weighted by molar-refractivity contribution is 0.0947. The Labute approximate surface area is 130 Å². The number of hydrogen-bond acceptors (Lipinski definition) is 5. The number of amides is 1. The van der Waals surface area contributed by atoms with Gasteiger partial charge in [0.05, 0.1) is 19.4 Å². The maximum atomic E-state index is 12.2. The highest BCUT2D eigenvalue weighted by atomic mass is 31.2. The van der Waals surface area contributed by atoms with E-state index in [9.17, 15) is 14.2 Å². The molecular formula is C15H22NO5P. The number of rotatable bonds is 10. The second-order valence-electron chi connectivity index (χ2n) is 4.48. The number of benzene rings is 1. The van der Waals surface area contributed by atoms with Crippen LogP contribution >= 0.6 is 7.60 Å². The molecule has 1 rings (SSSR count). The van der Waals surface area contributed by atoms with E-state index in [0.717, 1.165) is 0 Å². The first-order chi connectivity index (χ1) is 10.6. The number of carbonyl (C=O) groups is 2. The maximum Gasteiger partial charge on any atom is 0.330 e. The standard InChI is InChI=1S/C15H22NO5P/c1-3-20-22(19,21-4-2)11-7-10-16-15(18)14-9-6-5-8-13(14)12-17/h5-6,8-9,12H,3-4,7,10-11H2,1-2H3,(H,16,18). The predicted molar refractivity (Wildman–Crippen MR) is 84.5 cm³/mol. The molecule has 0 bridgehead atoms. The lowest BCUT2D eigenvalue weighted by Crippen LogP contribution is -2.26. The summed E-state index contributed by atoms with van der Waals surface area (Å²) < 4.78 is 22.6. The van der Waals surface area contributed by atoms with Gasteiger partial charge in [-0.3, -0.25) is 14.2 Å². The molecule has 0 saturated heterocycles. The van der Waals surface area contributed by atoms with Gasteiger partial charge in [-0.25, -0.2) is 0 Å². The third-order valence-electron chi connectivity index (χ3n) is 2.88. The molecule has 22 heavy (non-hydrogen) atoms. The highest BCUT2D eigenvalue weighted by Gasteiger charge is 2.22. The van der Waals surface area contributed by atoms with Crippen molar-refractivity contribution < 1.29 is 23.2 Å². The fourth-order valence-electron chi connectivity index (χ4n) is 1.94. The summed E-state index contributed by atoms with van der Waals surface area (Å²) in [5.74, 6) is -0.328. The van der Waals surface area contributed by atoms with Gasteiger partial charge in [-0.1, -0.05) is 18.2 Å². The summed E-state index contributed by atoms with van der Waals surface area (Å²) in [6.45, 7) is 4.47. The third kappa shape index (κ3) is 5.72. The van der Waals surface area contributed by atoms with Crippen molar-refractivity contribution in [2.24, 2.45) is 0 Å². The van der Waals surface area contributed by atoms with E-state index in [0.29, 0.717) is 43.6 Å². The van der Waals surface area contributed by atoms with Crippen molar-refractivity contribution in [3.05, 3.63) is 35.4 Å². The summed E-state index contributed by atoms with van der Waals surface area (Å²) in [4.78, 5) is 22.9. The van der Waals surface area contributed by atoms with Gasteiger partial charge in [0, 0.05) is 17.7 Å². The molecule has 0 aromatic heterocycles. The average molecular weight is 327 g/mol. The van der Waals surface area contributed by atoms with E-state index < -0.39 is 7.60 Å². The fraction of sp³-hybridized carbons (Fsp3) is 0.467. The summed E-state index contributed by atoms with van der Waals surface area (Å²) in [6, 6.07) is 6.56. The molecule has 1 amide bonds. The maximum absolute atomic E-state index is 12.2. The van der Waals surface area contributed by atoms with Gasteiger partial charge in [0.15, 0.2) is 6.29 Å². The Bertz CT molecular complexity index is 536. The van der Waals surface area contributed by atoms with E-state index in [1.165, 1.54) is 0 Å². The van der Waals surface area contributed by atoms with Gasteiger partial charge in [0.1, 0.15) is 0 Å². The van der Waals surface area contributed by atoms with Crippen LogP contribution in [0.1, 0.15) is 41.0 Å². The van der Waals surface area contributed by atoms with E-state index >= 15 is 0 Å². The van der Waals surface area contributed by atoms with Crippen molar-refractivity contribution in [1.82, 2.24) is 5.32 Å². The van der Waals surface area contributed by atoms with Gasteiger partial charge < -0.3 is 14.4 Å². The molecule has 1 aromatic rings. The Hall–Kier alpha value is -1.49. The van der Waals surface area contributed by atoms with Gasteiger partial charge >= 0.3 is 7.60 Å². The highest BCUT2D eigenvalue weighted by Crippen LogP contribution is 2.48. The van der Waals surface area contributed by atoms with Crippen molar-refractivity contribution in [1.29, 1.82) is 0 Å². The Kier molecular flexibility index (Phi) is 8.02.